The number of aryl methyl sites for hydroxylation is 1. The van der Waals surface area contributed by atoms with Crippen molar-refractivity contribution in [2.45, 2.75) is 32.5 Å². The molecule has 4 heteroatoms. The molecular weight excluding hydrogens is 382 g/mol. The predicted octanol–water partition coefficient (Wildman–Crippen LogP) is 4.56. The molecular formula is C27H31N3O. The number of rotatable bonds is 6. The summed E-state index contributed by atoms with van der Waals surface area (Å²) in [6.45, 7) is 7.41. The lowest BCUT2D eigenvalue weighted by Crippen LogP contribution is -2.59. The Bertz CT molecular complexity index is 990. The largest absolute Gasteiger partial charge is 0.368 e. The zero-order valence-electron chi connectivity index (χ0n) is 18.4. The highest BCUT2D eigenvalue weighted by Gasteiger charge is 2.33. The van der Waals surface area contributed by atoms with E-state index in [2.05, 4.69) is 89.6 Å². The van der Waals surface area contributed by atoms with E-state index in [0.717, 1.165) is 25.2 Å². The van der Waals surface area contributed by atoms with Crippen molar-refractivity contribution in [3.8, 4) is 0 Å². The fraction of sp³-hybridized carbons (Fsp3) is 0.296. The molecule has 1 heterocycles. The third-order valence-electron chi connectivity index (χ3n) is 6.14. The molecule has 0 aliphatic carbocycles. The molecule has 1 saturated heterocycles. The van der Waals surface area contributed by atoms with Crippen LogP contribution in [0.5, 0.6) is 0 Å². The van der Waals surface area contributed by atoms with Crippen molar-refractivity contribution >= 4 is 11.6 Å². The summed E-state index contributed by atoms with van der Waals surface area (Å²) < 4.78 is 0. The molecule has 4 rings (SSSR count). The summed E-state index contributed by atoms with van der Waals surface area (Å²) in [4.78, 5) is 18.1. The van der Waals surface area contributed by atoms with Gasteiger partial charge in [0.05, 0.1) is 6.04 Å². The molecule has 1 fully saturated rings. The summed E-state index contributed by atoms with van der Waals surface area (Å²) in [5, 5.41) is 3.26. The van der Waals surface area contributed by atoms with E-state index >= 15 is 0 Å². The van der Waals surface area contributed by atoms with Crippen molar-refractivity contribution in [3.63, 3.8) is 0 Å². The summed E-state index contributed by atoms with van der Waals surface area (Å²) in [5.41, 5.74) is 4.82. The number of anilines is 1. The molecule has 0 bridgehead atoms. The average Bonchev–Trinajstić information content (AvgIpc) is 2.81. The van der Waals surface area contributed by atoms with Crippen LogP contribution in [-0.4, -0.2) is 36.5 Å². The molecule has 0 radical (unpaired) electrons. The van der Waals surface area contributed by atoms with Gasteiger partial charge in [0.25, 0.3) is 0 Å². The minimum Gasteiger partial charge on any atom is -0.368 e. The molecule has 1 aliphatic heterocycles. The van der Waals surface area contributed by atoms with Gasteiger partial charge in [-0.2, -0.15) is 0 Å². The number of hydrogen-bond donors (Lipinski definition) is 1. The number of para-hydroxylation sites is 1. The molecule has 2 atom stereocenters. The molecule has 1 unspecified atom stereocenters. The van der Waals surface area contributed by atoms with E-state index in [1.54, 1.807) is 0 Å². The van der Waals surface area contributed by atoms with E-state index in [1.807, 2.05) is 24.3 Å². The van der Waals surface area contributed by atoms with Crippen molar-refractivity contribution in [2.24, 2.45) is 0 Å². The van der Waals surface area contributed by atoms with Gasteiger partial charge in [0.15, 0.2) is 0 Å². The number of hydrogen-bond acceptors (Lipinski definition) is 3. The zero-order chi connectivity index (χ0) is 21.6. The Morgan fingerprint density at radius 3 is 2.29 bits per heavy atom. The Morgan fingerprint density at radius 2 is 1.58 bits per heavy atom. The van der Waals surface area contributed by atoms with Gasteiger partial charge in [0.2, 0.25) is 5.91 Å². The second-order valence-electron chi connectivity index (χ2n) is 8.35. The van der Waals surface area contributed by atoms with Gasteiger partial charge in [-0.15, -0.1) is 0 Å². The van der Waals surface area contributed by atoms with Gasteiger partial charge in [-0.3, -0.25) is 9.69 Å². The molecule has 0 saturated carbocycles. The van der Waals surface area contributed by atoms with E-state index in [4.69, 9.17) is 0 Å². The van der Waals surface area contributed by atoms with Crippen LogP contribution in [0.1, 0.15) is 29.7 Å². The monoisotopic (exact) mass is 413 g/mol. The molecule has 1 aliphatic rings. The molecule has 0 aromatic heterocycles. The smallest absolute Gasteiger partial charge is 0.239 e. The van der Waals surface area contributed by atoms with Gasteiger partial charge >= 0.3 is 0 Å². The number of carbonyl (C=O) groups excluding carboxylic acids is 1. The number of amides is 1. The lowest BCUT2D eigenvalue weighted by molar-refractivity contribution is -0.127. The second kappa shape index (κ2) is 9.80. The van der Waals surface area contributed by atoms with Gasteiger partial charge < -0.3 is 10.2 Å². The van der Waals surface area contributed by atoms with Crippen molar-refractivity contribution in [1.29, 1.82) is 0 Å². The maximum atomic E-state index is 13.5. The molecule has 3 aromatic carbocycles. The normalized spacial score (nSPS) is 17.9. The van der Waals surface area contributed by atoms with Crippen LogP contribution < -0.4 is 10.2 Å². The van der Waals surface area contributed by atoms with Gasteiger partial charge in [-0.25, -0.2) is 0 Å². The summed E-state index contributed by atoms with van der Waals surface area (Å²) in [7, 11) is 0. The number of benzene rings is 3. The van der Waals surface area contributed by atoms with Crippen LogP contribution in [0.25, 0.3) is 0 Å². The van der Waals surface area contributed by atoms with Crippen LogP contribution in [-0.2, 0) is 11.3 Å². The maximum absolute atomic E-state index is 13.5. The lowest BCUT2D eigenvalue weighted by atomic mass is 10.0. The first kappa shape index (κ1) is 21.1. The van der Waals surface area contributed by atoms with Crippen LogP contribution in [0.3, 0.4) is 0 Å². The third-order valence-corrected chi connectivity index (χ3v) is 6.14. The Hall–Kier alpha value is -3.11. The molecule has 4 nitrogen and oxygen atoms in total. The SMILES string of the molecule is Cc1ccccc1N1CCN(Cc2ccccc2)C(C(=O)N[C@H](C)c2ccccc2)C1. The first-order valence-electron chi connectivity index (χ1n) is 11.1. The fourth-order valence-electron chi connectivity index (χ4n) is 4.35. The topological polar surface area (TPSA) is 35.6 Å². The Balaban J connectivity index is 1.54. The van der Waals surface area contributed by atoms with Crippen LogP contribution in [0, 0.1) is 6.92 Å². The van der Waals surface area contributed by atoms with Gasteiger partial charge in [0.1, 0.15) is 6.04 Å². The fourth-order valence-corrected chi connectivity index (χ4v) is 4.35. The molecule has 3 aromatic rings. The second-order valence-corrected chi connectivity index (χ2v) is 8.35. The standard InChI is InChI=1S/C27H31N3O/c1-21-11-9-10-16-25(21)30-18-17-29(19-23-12-5-3-6-13-23)26(20-30)27(31)28-22(2)24-14-7-4-8-15-24/h3-16,22,26H,17-20H2,1-2H3,(H,28,31)/t22-,26?/m1/s1. The minimum absolute atomic E-state index is 0.0267. The highest BCUT2D eigenvalue weighted by atomic mass is 16.2. The highest BCUT2D eigenvalue weighted by molar-refractivity contribution is 5.83. The van der Waals surface area contributed by atoms with Crippen LogP contribution in [0.15, 0.2) is 84.9 Å². The zero-order valence-corrected chi connectivity index (χ0v) is 18.4. The first-order chi connectivity index (χ1) is 15.1. The van der Waals surface area contributed by atoms with Gasteiger partial charge in [0, 0.05) is 31.9 Å². The third kappa shape index (κ3) is 5.15. The molecule has 1 amide bonds. The molecule has 160 valence electrons. The molecule has 31 heavy (non-hydrogen) atoms. The van der Waals surface area contributed by atoms with E-state index in [9.17, 15) is 4.79 Å². The first-order valence-corrected chi connectivity index (χ1v) is 11.1. The molecule has 0 spiro atoms. The summed E-state index contributed by atoms with van der Waals surface area (Å²) >= 11 is 0. The van der Waals surface area contributed by atoms with Gasteiger partial charge in [-0.1, -0.05) is 78.9 Å². The average molecular weight is 414 g/mol. The Morgan fingerprint density at radius 1 is 0.935 bits per heavy atom. The summed E-state index contributed by atoms with van der Waals surface area (Å²) in [6.07, 6.45) is 0. The van der Waals surface area contributed by atoms with Crippen molar-refractivity contribution in [2.75, 3.05) is 24.5 Å². The molecule has 1 N–H and O–H groups in total. The lowest BCUT2D eigenvalue weighted by Gasteiger charge is -2.42. The maximum Gasteiger partial charge on any atom is 0.239 e. The number of piperazine rings is 1. The highest BCUT2D eigenvalue weighted by Crippen LogP contribution is 2.24. The van der Waals surface area contributed by atoms with E-state index in [1.165, 1.54) is 16.8 Å². The van der Waals surface area contributed by atoms with Gasteiger partial charge in [-0.05, 0) is 36.6 Å². The van der Waals surface area contributed by atoms with Crippen molar-refractivity contribution in [3.05, 3.63) is 102 Å². The Kier molecular flexibility index (Phi) is 6.68. The van der Waals surface area contributed by atoms with Crippen LogP contribution in [0.2, 0.25) is 0 Å². The van der Waals surface area contributed by atoms with Crippen molar-refractivity contribution in [1.82, 2.24) is 10.2 Å². The van der Waals surface area contributed by atoms with Crippen LogP contribution >= 0.6 is 0 Å². The minimum atomic E-state index is -0.209. The van der Waals surface area contributed by atoms with Crippen LogP contribution in [0.4, 0.5) is 5.69 Å². The number of nitrogens with one attached hydrogen (secondary N) is 1. The van der Waals surface area contributed by atoms with E-state index in [0.29, 0.717) is 6.54 Å². The van der Waals surface area contributed by atoms with E-state index in [-0.39, 0.29) is 18.0 Å². The number of nitrogens with zero attached hydrogens (tertiary/aromatic N) is 2. The summed E-state index contributed by atoms with van der Waals surface area (Å²) in [5.74, 6) is 0.0885. The predicted molar refractivity (Wildman–Crippen MR) is 127 cm³/mol. The Labute approximate surface area is 185 Å². The number of carbonyl (C=O) groups is 1. The van der Waals surface area contributed by atoms with Crippen molar-refractivity contribution < 1.29 is 4.79 Å². The van der Waals surface area contributed by atoms with E-state index < -0.39 is 0 Å². The summed E-state index contributed by atoms with van der Waals surface area (Å²) in [6, 6.07) is 28.8. The quantitative estimate of drug-likeness (QED) is 0.643.